The Morgan fingerprint density at radius 3 is 2.56 bits per heavy atom. The van der Waals surface area contributed by atoms with Crippen LogP contribution in [0.1, 0.15) is 72.1 Å². The third-order valence-corrected chi connectivity index (χ3v) is 4.23. The third-order valence-electron chi connectivity index (χ3n) is 4.23. The predicted molar refractivity (Wildman–Crippen MR) is 72.7 cm³/mol. The zero-order valence-corrected chi connectivity index (χ0v) is 11.6. The van der Waals surface area contributed by atoms with Crippen molar-refractivity contribution in [2.24, 2.45) is 11.8 Å². The van der Waals surface area contributed by atoms with Crippen LogP contribution in [0.4, 0.5) is 0 Å². The van der Waals surface area contributed by atoms with Crippen molar-refractivity contribution in [2.45, 2.75) is 78.2 Å². The van der Waals surface area contributed by atoms with E-state index in [0.717, 1.165) is 17.9 Å². The first-order valence-electron chi connectivity index (χ1n) is 7.49. The predicted octanol–water partition coefficient (Wildman–Crippen LogP) is 4.37. The monoisotopic (exact) mass is 225 g/mol. The molecule has 0 spiro atoms. The number of unbranched alkanes of at least 4 members (excludes halogenated alkanes) is 1. The molecular formula is C15H31N. The number of nitrogens with one attached hydrogen (secondary N) is 1. The first-order chi connectivity index (χ1) is 7.76. The molecule has 0 aromatic carbocycles. The van der Waals surface area contributed by atoms with E-state index in [0.29, 0.717) is 0 Å². The molecule has 0 saturated carbocycles. The minimum absolute atomic E-state index is 0.826. The lowest BCUT2D eigenvalue weighted by Crippen LogP contribution is -2.38. The van der Waals surface area contributed by atoms with Gasteiger partial charge in [0.15, 0.2) is 0 Å². The maximum atomic E-state index is 3.70. The first kappa shape index (κ1) is 14.0. The van der Waals surface area contributed by atoms with Crippen molar-refractivity contribution in [1.82, 2.24) is 5.32 Å². The Morgan fingerprint density at radius 2 is 2.00 bits per heavy atom. The number of hydrogen-bond acceptors (Lipinski definition) is 1. The third kappa shape index (κ3) is 5.34. The molecular weight excluding hydrogens is 194 g/mol. The Labute approximate surface area is 102 Å². The molecule has 1 nitrogen and oxygen atoms in total. The second-order valence-electron chi connectivity index (χ2n) is 5.78. The molecule has 3 atom stereocenters. The summed E-state index contributed by atoms with van der Waals surface area (Å²) in [5.41, 5.74) is 0. The lowest BCUT2D eigenvalue weighted by molar-refractivity contribution is 0.290. The van der Waals surface area contributed by atoms with Crippen molar-refractivity contribution in [3.05, 3.63) is 0 Å². The summed E-state index contributed by atoms with van der Waals surface area (Å²) in [6, 6.07) is 0.826. The van der Waals surface area contributed by atoms with Gasteiger partial charge >= 0.3 is 0 Å². The van der Waals surface area contributed by atoms with Gasteiger partial charge in [0.1, 0.15) is 0 Å². The van der Waals surface area contributed by atoms with Crippen LogP contribution in [0.25, 0.3) is 0 Å². The van der Waals surface area contributed by atoms with Gasteiger partial charge in [0.2, 0.25) is 0 Å². The Hall–Kier alpha value is -0.0400. The van der Waals surface area contributed by atoms with Gasteiger partial charge in [-0.15, -0.1) is 0 Å². The average Bonchev–Trinajstić information content (AvgIpc) is 2.32. The molecule has 96 valence electrons. The van der Waals surface area contributed by atoms with E-state index < -0.39 is 0 Å². The smallest absolute Gasteiger partial charge is 0.00673 e. The molecule has 16 heavy (non-hydrogen) atoms. The normalized spacial score (nSPS) is 27.9. The number of piperidine rings is 1. The van der Waals surface area contributed by atoms with E-state index in [9.17, 15) is 0 Å². The molecule has 1 heterocycles. The van der Waals surface area contributed by atoms with E-state index in [1.807, 2.05) is 0 Å². The Bertz CT molecular complexity index is 154. The van der Waals surface area contributed by atoms with Crippen LogP contribution in [0.5, 0.6) is 0 Å². The highest BCUT2D eigenvalue weighted by Gasteiger charge is 2.18. The summed E-state index contributed by atoms with van der Waals surface area (Å²) >= 11 is 0. The van der Waals surface area contributed by atoms with Crippen LogP contribution in [0, 0.1) is 11.8 Å². The lowest BCUT2D eigenvalue weighted by atomic mass is 9.88. The Kier molecular flexibility index (Phi) is 7.11. The maximum absolute atomic E-state index is 3.70. The van der Waals surface area contributed by atoms with E-state index in [4.69, 9.17) is 0 Å². The molecule has 1 aliphatic rings. The van der Waals surface area contributed by atoms with E-state index in [2.05, 4.69) is 26.1 Å². The van der Waals surface area contributed by atoms with E-state index in [1.165, 1.54) is 57.9 Å². The lowest BCUT2D eigenvalue weighted by Gasteiger charge is -2.29. The van der Waals surface area contributed by atoms with Crippen LogP contribution < -0.4 is 5.32 Å². The summed E-state index contributed by atoms with van der Waals surface area (Å²) < 4.78 is 0. The largest absolute Gasteiger partial charge is 0.314 e. The highest BCUT2D eigenvalue weighted by molar-refractivity contribution is 4.76. The van der Waals surface area contributed by atoms with Crippen molar-refractivity contribution in [2.75, 3.05) is 6.54 Å². The minimum Gasteiger partial charge on any atom is -0.314 e. The average molecular weight is 225 g/mol. The van der Waals surface area contributed by atoms with E-state index in [-0.39, 0.29) is 0 Å². The molecule has 1 N–H and O–H groups in total. The number of rotatable bonds is 7. The van der Waals surface area contributed by atoms with E-state index >= 15 is 0 Å². The molecule has 1 aliphatic heterocycles. The summed E-state index contributed by atoms with van der Waals surface area (Å²) in [5, 5.41) is 3.70. The SMILES string of the molecule is CCCCC(CC)CCC1CCC(C)CN1. The highest BCUT2D eigenvalue weighted by Crippen LogP contribution is 2.23. The molecule has 0 amide bonds. The molecule has 0 aromatic rings. The van der Waals surface area contributed by atoms with Gasteiger partial charge in [0.05, 0.1) is 0 Å². The molecule has 0 radical (unpaired) electrons. The molecule has 1 saturated heterocycles. The maximum Gasteiger partial charge on any atom is 0.00673 e. The van der Waals surface area contributed by atoms with Gasteiger partial charge in [-0.3, -0.25) is 0 Å². The molecule has 1 heteroatoms. The summed E-state index contributed by atoms with van der Waals surface area (Å²) in [6.07, 6.45) is 11.3. The second-order valence-corrected chi connectivity index (χ2v) is 5.78. The van der Waals surface area contributed by atoms with Crippen LogP contribution in [0.2, 0.25) is 0 Å². The van der Waals surface area contributed by atoms with Crippen LogP contribution in [-0.2, 0) is 0 Å². The molecule has 0 aromatic heterocycles. The van der Waals surface area contributed by atoms with Crippen LogP contribution in [0.15, 0.2) is 0 Å². The Morgan fingerprint density at radius 1 is 1.19 bits per heavy atom. The topological polar surface area (TPSA) is 12.0 Å². The van der Waals surface area contributed by atoms with Gasteiger partial charge < -0.3 is 5.32 Å². The van der Waals surface area contributed by atoms with Crippen LogP contribution >= 0.6 is 0 Å². The summed E-state index contributed by atoms with van der Waals surface area (Å²) in [6.45, 7) is 8.27. The van der Waals surface area contributed by atoms with Crippen LogP contribution in [-0.4, -0.2) is 12.6 Å². The minimum atomic E-state index is 0.826. The summed E-state index contributed by atoms with van der Waals surface area (Å²) in [7, 11) is 0. The van der Waals surface area contributed by atoms with Crippen molar-refractivity contribution in [1.29, 1.82) is 0 Å². The second kappa shape index (κ2) is 8.11. The quantitative estimate of drug-likeness (QED) is 0.678. The fraction of sp³-hybridized carbons (Fsp3) is 1.00. The fourth-order valence-corrected chi connectivity index (χ4v) is 2.79. The fourth-order valence-electron chi connectivity index (χ4n) is 2.79. The number of hydrogen-bond donors (Lipinski definition) is 1. The van der Waals surface area contributed by atoms with E-state index in [1.54, 1.807) is 0 Å². The summed E-state index contributed by atoms with van der Waals surface area (Å²) in [4.78, 5) is 0. The molecule has 1 fully saturated rings. The standard InChI is InChI=1S/C15H31N/c1-4-6-7-14(5-2)9-11-15-10-8-13(3)12-16-15/h13-16H,4-12H2,1-3H3. The first-order valence-corrected chi connectivity index (χ1v) is 7.49. The Balaban J connectivity index is 2.11. The zero-order valence-electron chi connectivity index (χ0n) is 11.6. The van der Waals surface area contributed by atoms with Gasteiger partial charge in [-0.1, -0.05) is 46.5 Å². The molecule has 1 rings (SSSR count). The molecule has 0 bridgehead atoms. The van der Waals surface area contributed by atoms with Crippen LogP contribution in [0.3, 0.4) is 0 Å². The van der Waals surface area contributed by atoms with Gasteiger partial charge in [-0.2, -0.15) is 0 Å². The van der Waals surface area contributed by atoms with Gasteiger partial charge in [0.25, 0.3) is 0 Å². The van der Waals surface area contributed by atoms with Gasteiger partial charge in [-0.05, 0) is 44.1 Å². The van der Waals surface area contributed by atoms with Crippen molar-refractivity contribution >= 4 is 0 Å². The van der Waals surface area contributed by atoms with Gasteiger partial charge in [-0.25, -0.2) is 0 Å². The van der Waals surface area contributed by atoms with Crippen molar-refractivity contribution < 1.29 is 0 Å². The zero-order chi connectivity index (χ0) is 11.8. The van der Waals surface area contributed by atoms with Crippen molar-refractivity contribution in [3.63, 3.8) is 0 Å². The molecule has 3 unspecified atom stereocenters. The van der Waals surface area contributed by atoms with Gasteiger partial charge in [0, 0.05) is 6.04 Å². The molecule has 0 aliphatic carbocycles. The summed E-state index contributed by atoms with van der Waals surface area (Å²) in [5.74, 6) is 1.89. The highest BCUT2D eigenvalue weighted by atomic mass is 14.9. The van der Waals surface area contributed by atoms with Crippen molar-refractivity contribution in [3.8, 4) is 0 Å².